The third kappa shape index (κ3) is 2.00. The van der Waals surface area contributed by atoms with Gasteiger partial charge in [-0.2, -0.15) is 0 Å². The van der Waals surface area contributed by atoms with E-state index >= 15 is 0 Å². The monoisotopic (exact) mass is 218 g/mol. The van der Waals surface area contributed by atoms with Gasteiger partial charge in [0.2, 0.25) is 0 Å². The summed E-state index contributed by atoms with van der Waals surface area (Å²) in [5.41, 5.74) is -3.09. The van der Waals surface area contributed by atoms with E-state index < -0.39 is 19.4 Å². The highest BCUT2D eigenvalue weighted by molar-refractivity contribution is 6.78. The average molecular weight is 218 g/mol. The summed E-state index contributed by atoms with van der Waals surface area (Å²) in [6, 6.07) is 4.68. The maximum Gasteiger partial charge on any atom is 0.253 e. The summed E-state index contributed by atoms with van der Waals surface area (Å²) in [5.74, 6) is -0.611. The van der Waals surface area contributed by atoms with E-state index in [9.17, 15) is 13.2 Å². The molecule has 0 N–H and O–H groups in total. The van der Waals surface area contributed by atoms with Gasteiger partial charge in [-0.05, 0) is 12.1 Å². The van der Waals surface area contributed by atoms with Gasteiger partial charge in [-0.3, -0.25) is 0 Å². The van der Waals surface area contributed by atoms with Crippen LogP contribution in [0, 0.1) is 5.82 Å². The molecule has 0 fully saturated rings. The normalized spacial score (nSPS) is 13.0. The van der Waals surface area contributed by atoms with Crippen LogP contribution >= 0.6 is 0 Å². The Hall–Kier alpha value is -0.773. The Balaban J connectivity index is 3.16. The van der Waals surface area contributed by atoms with E-state index in [-0.39, 0.29) is 5.56 Å². The van der Waals surface area contributed by atoms with E-state index in [0.717, 1.165) is 6.07 Å². The van der Waals surface area contributed by atoms with Crippen molar-refractivity contribution in [2.45, 2.75) is 25.2 Å². The molecule has 0 nitrogen and oxygen atoms in total. The molecule has 0 unspecified atom stereocenters. The van der Waals surface area contributed by atoms with Crippen LogP contribution in [0.25, 0.3) is 0 Å². The zero-order valence-corrected chi connectivity index (χ0v) is 9.44. The average Bonchev–Trinajstić information content (AvgIpc) is 2.02. The minimum atomic E-state index is -2.88. The Morgan fingerprint density at radius 3 is 2.14 bits per heavy atom. The smallest absolute Gasteiger partial charge is 0.207 e. The van der Waals surface area contributed by atoms with Crippen LogP contribution in [0.1, 0.15) is 5.56 Å². The van der Waals surface area contributed by atoms with Crippen LogP contribution in [0.15, 0.2) is 24.3 Å². The third-order valence-electron chi connectivity index (χ3n) is 2.13. The summed E-state index contributed by atoms with van der Waals surface area (Å²) in [6.45, 7) is 4.70. The molecule has 0 bridgehead atoms. The Morgan fingerprint density at radius 1 is 1.14 bits per heavy atom. The minimum absolute atomic E-state index is 0.211. The van der Waals surface area contributed by atoms with Gasteiger partial charge in [-0.25, -0.2) is 13.2 Å². The van der Waals surface area contributed by atoms with E-state index in [1.54, 1.807) is 19.6 Å². The molecule has 0 amide bonds. The quantitative estimate of drug-likeness (QED) is 0.662. The SMILES string of the molecule is C[Si](C)(C)C(F)(F)c1cccc(F)c1. The van der Waals surface area contributed by atoms with Gasteiger partial charge in [0.05, 0.1) is 0 Å². The molecule has 0 radical (unpaired) electrons. The van der Waals surface area contributed by atoms with Crippen molar-refractivity contribution in [1.29, 1.82) is 0 Å². The Kier molecular flexibility index (Phi) is 2.76. The molecule has 4 heteroatoms. The molecule has 0 saturated carbocycles. The van der Waals surface area contributed by atoms with E-state index in [1.165, 1.54) is 18.2 Å². The predicted molar refractivity (Wildman–Crippen MR) is 53.6 cm³/mol. The number of alkyl halides is 2. The summed E-state index contributed by atoms with van der Waals surface area (Å²) in [4.78, 5) is 0. The van der Waals surface area contributed by atoms with E-state index in [1.807, 2.05) is 0 Å². The summed E-state index contributed by atoms with van der Waals surface area (Å²) in [5, 5.41) is 0. The van der Waals surface area contributed by atoms with Crippen LogP contribution in [-0.4, -0.2) is 8.07 Å². The first kappa shape index (κ1) is 11.3. The molecule has 14 heavy (non-hydrogen) atoms. The van der Waals surface area contributed by atoms with Crippen LogP contribution < -0.4 is 0 Å². The fourth-order valence-electron chi connectivity index (χ4n) is 1.12. The summed E-state index contributed by atoms with van der Waals surface area (Å²) >= 11 is 0. The van der Waals surface area contributed by atoms with Crippen molar-refractivity contribution in [2.24, 2.45) is 0 Å². The summed E-state index contributed by atoms with van der Waals surface area (Å²) < 4.78 is 40.2. The molecule has 0 heterocycles. The van der Waals surface area contributed by atoms with Crippen LogP contribution in [0.4, 0.5) is 13.2 Å². The molecule has 1 aromatic carbocycles. The molecule has 1 rings (SSSR count). The first-order valence-electron chi connectivity index (χ1n) is 4.39. The number of halogens is 3. The van der Waals surface area contributed by atoms with Gasteiger partial charge in [-0.1, -0.05) is 31.8 Å². The predicted octanol–water partition coefficient (Wildman–Crippen LogP) is 3.79. The molecule has 0 aromatic heterocycles. The number of hydrogen-bond acceptors (Lipinski definition) is 0. The highest BCUT2D eigenvalue weighted by Crippen LogP contribution is 2.37. The Labute approximate surface area is 82.8 Å². The first-order valence-corrected chi connectivity index (χ1v) is 7.89. The van der Waals surface area contributed by atoms with Gasteiger partial charge in [0.1, 0.15) is 13.9 Å². The third-order valence-corrected chi connectivity index (χ3v) is 4.30. The molecule has 0 spiro atoms. The van der Waals surface area contributed by atoms with Crippen LogP contribution in [0.3, 0.4) is 0 Å². The van der Waals surface area contributed by atoms with Crippen molar-refractivity contribution >= 4 is 8.07 Å². The molecule has 1 aromatic rings. The number of hydrogen-bond donors (Lipinski definition) is 0. The second kappa shape index (κ2) is 3.42. The largest absolute Gasteiger partial charge is 0.253 e. The van der Waals surface area contributed by atoms with Gasteiger partial charge >= 0.3 is 0 Å². The summed E-state index contributed by atoms with van der Waals surface area (Å²) in [6.07, 6.45) is 0. The first-order chi connectivity index (χ1) is 6.25. The molecular weight excluding hydrogens is 205 g/mol. The van der Waals surface area contributed by atoms with Crippen LogP contribution in [0.2, 0.25) is 19.6 Å². The van der Waals surface area contributed by atoms with E-state index in [0.29, 0.717) is 0 Å². The minimum Gasteiger partial charge on any atom is -0.207 e. The van der Waals surface area contributed by atoms with E-state index in [2.05, 4.69) is 0 Å². The van der Waals surface area contributed by atoms with Crippen molar-refractivity contribution in [3.8, 4) is 0 Å². The fraction of sp³-hybridized carbons (Fsp3) is 0.400. The van der Waals surface area contributed by atoms with Crippen molar-refractivity contribution in [1.82, 2.24) is 0 Å². The molecule has 0 atom stereocenters. The number of rotatable bonds is 2. The van der Waals surface area contributed by atoms with Gasteiger partial charge in [-0.15, -0.1) is 0 Å². The summed E-state index contributed by atoms with van der Waals surface area (Å²) in [7, 11) is -2.65. The standard InChI is InChI=1S/C10H13F3Si/c1-14(2,3)10(12,13)8-5-4-6-9(11)7-8/h4-7H,1-3H3. The lowest BCUT2D eigenvalue weighted by atomic mass is 10.2. The lowest BCUT2D eigenvalue weighted by Gasteiger charge is -2.28. The Morgan fingerprint density at radius 2 is 1.71 bits per heavy atom. The number of benzene rings is 1. The zero-order chi connectivity index (χ0) is 11.0. The molecule has 0 aliphatic carbocycles. The molecular formula is C10H13F3Si. The molecule has 78 valence electrons. The second-order valence-electron chi connectivity index (χ2n) is 4.33. The molecule has 0 aliphatic heterocycles. The van der Waals surface area contributed by atoms with Crippen molar-refractivity contribution in [2.75, 3.05) is 0 Å². The second-order valence-corrected chi connectivity index (χ2v) is 9.46. The van der Waals surface area contributed by atoms with Crippen LogP contribution in [-0.2, 0) is 5.55 Å². The van der Waals surface area contributed by atoms with Crippen molar-refractivity contribution < 1.29 is 13.2 Å². The van der Waals surface area contributed by atoms with Gasteiger partial charge < -0.3 is 0 Å². The topological polar surface area (TPSA) is 0 Å². The fourth-order valence-corrected chi connectivity index (χ4v) is 2.14. The van der Waals surface area contributed by atoms with Crippen molar-refractivity contribution in [3.05, 3.63) is 35.6 Å². The van der Waals surface area contributed by atoms with Gasteiger partial charge in [0, 0.05) is 5.56 Å². The maximum atomic E-state index is 13.7. The highest BCUT2D eigenvalue weighted by atomic mass is 28.3. The lowest BCUT2D eigenvalue weighted by molar-refractivity contribution is 0.0791. The lowest BCUT2D eigenvalue weighted by Crippen LogP contribution is -2.42. The zero-order valence-electron chi connectivity index (χ0n) is 8.44. The highest BCUT2D eigenvalue weighted by Gasteiger charge is 2.46. The molecule has 0 aliphatic rings. The Bertz CT molecular complexity index is 328. The van der Waals surface area contributed by atoms with Gasteiger partial charge in [0.15, 0.2) is 0 Å². The molecule has 0 saturated heterocycles. The van der Waals surface area contributed by atoms with E-state index in [4.69, 9.17) is 0 Å². The van der Waals surface area contributed by atoms with Crippen molar-refractivity contribution in [3.63, 3.8) is 0 Å². The van der Waals surface area contributed by atoms with Crippen LogP contribution in [0.5, 0.6) is 0 Å². The maximum absolute atomic E-state index is 13.7. The van der Waals surface area contributed by atoms with Gasteiger partial charge in [0.25, 0.3) is 5.55 Å².